The van der Waals surface area contributed by atoms with Gasteiger partial charge in [-0.25, -0.2) is 0 Å². The smallest absolute Gasteiger partial charge is 0.166 e. The third-order valence-electron chi connectivity index (χ3n) is 3.23. The van der Waals surface area contributed by atoms with E-state index in [9.17, 15) is 0 Å². The number of allylic oxidation sites excluding steroid dienone is 4. The Bertz CT molecular complexity index is 476. The summed E-state index contributed by atoms with van der Waals surface area (Å²) in [5, 5.41) is 8.88. The van der Waals surface area contributed by atoms with Crippen LogP contribution in [0.5, 0.6) is 0 Å². The molecule has 1 saturated carbocycles. The first kappa shape index (κ1) is 14.1. The third kappa shape index (κ3) is 1.46. The van der Waals surface area contributed by atoms with Crippen LogP contribution in [0, 0.1) is 17.2 Å². The normalized spacial score (nSPS) is 43.5. The summed E-state index contributed by atoms with van der Waals surface area (Å²) in [6.45, 7) is 0. The molecule has 0 heterocycles. The first-order chi connectivity index (χ1) is 7.73. The zero-order valence-electron chi connectivity index (χ0n) is 8.15. The lowest BCUT2D eigenvalue weighted by molar-refractivity contribution is 0.567. The summed E-state index contributed by atoms with van der Waals surface area (Å²) in [5.74, 6) is -0.341. The predicted octanol–water partition coefficient (Wildman–Crippen LogP) is 4.92. The number of hydrogen-bond donors (Lipinski definition) is 0. The van der Waals surface area contributed by atoms with Crippen molar-refractivity contribution in [2.75, 3.05) is 0 Å². The van der Waals surface area contributed by atoms with E-state index in [-0.39, 0.29) is 16.0 Å². The highest BCUT2D eigenvalue weighted by molar-refractivity contribution is 6.65. The fourth-order valence-corrected chi connectivity index (χ4v) is 5.09. The van der Waals surface area contributed by atoms with Gasteiger partial charge in [0.05, 0.1) is 16.1 Å². The van der Waals surface area contributed by atoms with Crippen molar-refractivity contribution in [3.05, 3.63) is 22.2 Å². The van der Waals surface area contributed by atoms with Gasteiger partial charge in [-0.1, -0.05) is 52.5 Å². The molecule has 2 aliphatic rings. The summed E-state index contributed by atoms with van der Waals surface area (Å²) in [5.41, 5.74) is 0. The van der Waals surface area contributed by atoms with Crippen LogP contribution in [0.25, 0.3) is 0 Å². The van der Waals surface area contributed by atoms with E-state index < -0.39 is 14.1 Å². The molecule has 0 aromatic carbocycles. The number of fused-ring (bicyclic) bond motifs is 2. The first-order valence-corrected chi connectivity index (χ1v) is 6.88. The lowest BCUT2D eigenvalue weighted by Gasteiger charge is -2.32. The number of nitriles is 1. The van der Waals surface area contributed by atoms with Crippen molar-refractivity contribution in [3.63, 3.8) is 0 Å². The fraction of sp³-hybridized carbons (Fsp3) is 0.500. The quantitative estimate of drug-likeness (QED) is 0.486. The number of rotatable bonds is 1. The molecule has 17 heavy (non-hydrogen) atoms. The SMILES string of the molecule is N#CC=CC1CC2(Cl)C(Cl)=C(Cl)C1(Cl)C2(Cl)Cl. The molecule has 3 unspecified atom stereocenters. The van der Waals surface area contributed by atoms with Gasteiger partial charge in [0.15, 0.2) is 4.33 Å². The van der Waals surface area contributed by atoms with Gasteiger partial charge in [-0.2, -0.15) is 5.26 Å². The lowest BCUT2D eigenvalue weighted by Crippen LogP contribution is -2.43. The first-order valence-electron chi connectivity index (χ1n) is 4.61. The van der Waals surface area contributed by atoms with E-state index in [0.717, 1.165) is 0 Å². The summed E-state index contributed by atoms with van der Waals surface area (Å²) in [6.07, 6.45) is 3.23. The molecule has 0 aromatic rings. The van der Waals surface area contributed by atoms with Crippen LogP contribution in [0.4, 0.5) is 0 Å². The summed E-state index contributed by atoms with van der Waals surface area (Å²) in [4.78, 5) is -2.50. The van der Waals surface area contributed by atoms with Gasteiger partial charge in [0, 0.05) is 12.0 Å². The number of hydrogen-bond acceptors (Lipinski definition) is 1. The molecule has 0 spiro atoms. The Morgan fingerprint density at radius 3 is 2.18 bits per heavy atom. The Balaban J connectivity index is 2.59. The molecule has 2 bridgehead atoms. The van der Waals surface area contributed by atoms with E-state index in [1.54, 1.807) is 6.08 Å². The fourth-order valence-electron chi connectivity index (χ4n) is 2.31. The van der Waals surface area contributed by atoms with E-state index in [4.69, 9.17) is 74.9 Å². The Morgan fingerprint density at radius 2 is 1.76 bits per heavy atom. The van der Waals surface area contributed by atoms with Crippen molar-refractivity contribution in [2.24, 2.45) is 5.92 Å². The van der Waals surface area contributed by atoms with Crippen molar-refractivity contribution in [3.8, 4) is 6.07 Å². The maximum absolute atomic E-state index is 8.54. The molecule has 1 nitrogen and oxygen atoms in total. The molecule has 0 radical (unpaired) electrons. The molecule has 0 amide bonds. The minimum atomic E-state index is -1.51. The summed E-state index contributed by atoms with van der Waals surface area (Å²) >= 11 is 37.4. The van der Waals surface area contributed by atoms with Gasteiger partial charge in [0.2, 0.25) is 0 Å². The monoisotopic (exact) mass is 349 g/mol. The van der Waals surface area contributed by atoms with Crippen molar-refractivity contribution in [1.82, 2.24) is 0 Å². The Morgan fingerprint density at radius 1 is 1.18 bits per heavy atom. The highest BCUT2D eigenvalue weighted by Crippen LogP contribution is 2.74. The van der Waals surface area contributed by atoms with E-state index in [1.807, 2.05) is 6.07 Å². The Hall–Kier alpha value is 0.710. The maximum Gasteiger partial charge on any atom is 0.166 e. The average molecular weight is 352 g/mol. The zero-order chi connectivity index (χ0) is 13.1. The van der Waals surface area contributed by atoms with Gasteiger partial charge in [0.1, 0.15) is 9.75 Å². The number of nitrogens with zero attached hydrogens (tertiary/aromatic N) is 1. The minimum Gasteiger partial charge on any atom is -0.193 e. The van der Waals surface area contributed by atoms with Crippen molar-refractivity contribution in [2.45, 2.75) is 20.5 Å². The molecule has 0 N–H and O–H groups in total. The number of alkyl halides is 4. The van der Waals surface area contributed by atoms with Crippen LogP contribution < -0.4 is 0 Å². The standard InChI is InChI=1S/C10H5Cl6N/c11-6-7(12)9(14)5(2-1-3-17)4-8(6,13)10(9,15)16/h1-2,5H,4H2. The lowest BCUT2D eigenvalue weighted by atomic mass is 9.92. The van der Waals surface area contributed by atoms with Crippen LogP contribution in [0.15, 0.2) is 22.2 Å². The molecule has 7 heteroatoms. The molecule has 0 aromatic heterocycles. The molecule has 2 aliphatic carbocycles. The third-order valence-corrected chi connectivity index (χ3v) is 7.53. The molecule has 2 rings (SSSR count). The summed E-state index contributed by atoms with van der Waals surface area (Å²) < 4.78 is -1.51. The average Bonchev–Trinajstić information content (AvgIpc) is 2.48. The van der Waals surface area contributed by atoms with Gasteiger partial charge >= 0.3 is 0 Å². The molecule has 3 atom stereocenters. The van der Waals surface area contributed by atoms with Crippen molar-refractivity contribution in [1.29, 1.82) is 5.26 Å². The van der Waals surface area contributed by atoms with Gasteiger partial charge in [-0.05, 0) is 6.42 Å². The van der Waals surface area contributed by atoms with E-state index in [1.165, 1.54) is 6.08 Å². The van der Waals surface area contributed by atoms with Crippen LogP contribution in [0.2, 0.25) is 0 Å². The van der Waals surface area contributed by atoms with E-state index in [2.05, 4.69) is 0 Å². The minimum absolute atomic E-state index is 0.152. The predicted molar refractivity (Wildman–Crippen MR) is 73.2 cm³/mol. The second kappa shape index (κ2) is 4.10. The van der Waals surface area contributed by atoms with Crippen LogP contribution in [-0.4, -0.2) is 14.1 Å². The molecule has 1 fully saturated rings. The highest BCUT2D eigenvalue weighted by atomic mass is 35.5. The second-order valence-corrected chi connectivity index (χ2v) is 7.34. The molecular formula is C10H5Cl6N. The molecule has 0 saturated heterocycles. The van der Waals surface area contributed by atoms with Crippen LogP contribution >= 0.6 is 69.6 Å². The van der Waals surface area contributed by atoms with Gasteiger partial charge in [-0.3, -0.25) is 0 Å². The second-order valence-electron chi connectivity index (χ2n) is 4.01. The van der Waals surface area contributed by atoms with Gasteiger partial charge in [-0.15, -0.1) is 23.2 Å². The van der Waals surface area contributed by atoms with Crippen LogP contribution in [0.3, 0.4) is 0 Å². The van der Waals surface area contributed by atoms with Crippen LogP contribution in [0.1, 0.15) is 6.42 Å². The van der Waals surface area contributed by atoms with E-state index in [0.29, 0.717) is 6.42 Å². The molecule has 92 valence electrons. The Kier molecular flexibility index (Phi) is 3.41. The molecular weight excluding hydrogens is 347 g/mol. The molecule has 0 aliphatic heterocycles. The summed E-state index contributed by atoms with van der Waals surface area (Å²) in [6, 6.07) is 1.88. The Labute approximate surface area is 129 Å². The largest absolute Gasteiger partial charge is 0.193 e. The van der Waals surface area contributed by atoms with Crippen molar-refractivity contribution >= 4 is 69.6 Å². The van der Waals surface area contributed by atoms with Gasteiger partial charge < -0.3 is 0 Å². The maximum atomic E-state index is 8.54. The van der Waals surface area contributed by atoms with Crippen LogP contribution in [-0.2, 0) is 0 Å². The van der Waals surface area contributed by atoms with Crippen molar-refractivity contribution < 1.29 is 0 Å². The highest BCUT2D eigenvalue weighted by Gasteiger charge is 2.77. The topological polar surface area (TPSA) is 23.8 Å². The van der Waals surface area contributed by atoms with E-state index >= 15 is 0 Å². The zero-order valence-corrected chi connectivity index (χ0v) is 12.7. The number of halogens is 6. The summed E-state index contributed by atoms with van der Waals surface area (Å²) in [7, 11) is 0. The van der Waals surface area contributed by atoms with Gasteiger partial charge in [0.25, 0.3) is 0 Å².